The maximum absolute atomic E-state index is 10.7. The van der Waals surface area contributed by atoms with E-state index in [0.717, 1.165) is 69.6 Å². The van der Waals surface area contributed by atoms with Crippen LogP contribution in [0, 0.1) is 11.8 Å². The maximum atomic E-state index is 10.7. The lowest BCUT2D eigenvalue weighted by atomic mass is 9.81. The summed E-state index contributed by atoms with van der Waals surface area (Å²) in [6, 6.07) is 8.63. The molecule has 0 aliphatic heterocycles. The van der Waals surface area contributed by atoms with Crippen molar-refractivity contribution in [2.24, 2.45) is 11.8 Å². The van der Waals surface area contributed by atoms with Crippen LogP contribution >= 0.6 is 0 Å². The van der Waals surface area contributed by atoms with E-state index in [9.17, 15) is 15.0 Å². The lowest BCUT2D eigenvalue weighted by Gasteiger charge is -2.27. The lowest BCUT2D eigenvalue weighted by Crippen LogP contribution is -2.18. The summed E-state index contributed by atoms with van der Waals surface area (Å²) in [5, 5.41) is 21.2. The van der Waals surface area contributed by atoms with E-state index in [4.69, 9.17) is 0 Å². The van der Waals surface area contributed by atoms with E-state index in [1.54, 1.807) is 0 Å². The quantitative estimate of drug-likeness (QED) is 0.401. The van der Waals surface area contributed by atoms with Crippen molar-refractivity contribution < 1.29 is 15.0 Å². The number of rotatable bonds is 10. The Morgan fingerprint density at radius 3 is 2.36 bits per heavy atom. The molecule has 2 N–H and O–H groups in total. The van der Waals surface area contributed by atoms with E-state index in [2.05, 4.69) is 24.3 Å². The van der Waals surface area contributed by atoms with Crippen molar-refractivity contribution >= 4 is 6.29 Å². The Hall–Kier alpha value is -1.19. The van der Waals surface area contributed by atoms with E-state index < -0.39 is 0 Å². The second-order valence-corrected chi connectivity index (χ2v) is 9.08. The molecule has 2 fully saturated rings. The van der Waals surface area contributed by atoms with Gasteiger partial charge in [0, 0.05) is 6.42 Å². The molecule has 3 rings (SSSR count). The smallest absolute Gasteiger partial charge is 0.119 e. The molecule has 0 aromatic heterocycles. The third kappa shape index (κ3) is 5.67. The molecule has 0 amide bonds. The Balaban J connectivity index is 1.54. The number of aliphatic hydroxyl groups is 2. The van der Waals surface area contributed by atoms with E-state index in [1.807, 2.05) is 0 Å². The molecule has 0 heterocycles. The maximum Gasteiger partial charge on any atom is 0.119 e. The molecule has 0 saturated heterocycles. The number of hydrogen-bond acceptors (Lipinski definition) is 3. The van der Waals surface area contributed by atoms with Gasteiger partial charge in [0.05, 0.1) is 12.2 Å². The van der Waals surface area contributed by atoms with Crippen LogP contribution in [-0.4, -0.2) is 22.6 Å². The standard InChI is InChI=1S/C25H38O3/c26-18-8-3-1-2-7-11-23-22(16-17-24(23)27)19-12-14-21(15-13-19)25(28)20-9-5-4-6-10-20/h12-15,18,20,22-25,27-28H,1-11,16-17H2/t22?,23-,24?,25?/m1/s1. The topological polar surface area (TPSA) is 57.5 Å². The van der Waals surface area contributed by atoms with E-state index in [1.165, 1.54) is 24.8 Å². The van der Waals surface area contributed by atoms with Crippen LogP contribution in [0.15, 0.2) is 24.3 Å². The number of aldehydes is 1. The highest BCUT2D eigenvalue weighted by Gasteiger charge is 2.35. The molecule has 2 saturated carbocycles. The fraction of sp³-hybridized carbons (Fsp3) is 0.720. The highest BCUT2D eigenvalue weighted by Crippen LogP contribution is 2.43. The van der Waals surface area contributed by atoms with Crippen LogP contribution in [0.25, 0.3) is 0 Å². The van der Waals surface area contributed by atoms with Crippen molar-refractivity contribution in [2.45, 2.75) is 102 Å². The first kappa shape index (κ1) is 21.5. The second kappa shape index (κ2) is 11.1. The number of hydrogen-bond donors (Lipinski definition) is 2. The predicted molar refractivity (Wildman–Crippen MR) is 113 cm³/mol. The van der Waals surface area contributed by atoms with Crippen molar-refractivity contribution in [3.05, 3.63) is 35.4 Å². The van der Waals surface area contributed by atoms with Gasteiger partial charge in [0.2, 0.25) is 0 Å². The number of aliphatic hydroxyl groups excluding tert-OH is 2. The zero-order chi connectivity index (χ0) is 19.8. The first-order valence-electron chi connectivity index (χ1n) is 11.6. The Labute approximate surface area is 170 Å². The Kier molecular flexibility index (Phi) is 8.54. The molecule has 3 heteroatoms. The van der Waals surface area contributed by atoms with Gasteiger partial charge >= 0.3 is 0 Å². The minimum atomic E-state index is -0.328. The Morgan fingerprint density at radius 2 is 1.64 bits per heavy atom. The van der Waals surface area contributed by atoms with Crippen LogP contribution in [0.3, 0.4) is 0 Å². The van der Waals surface area contributed by atoms with Crippen LogP contribution < -0.4 is 0 Å². The molecule has 156 valence electrons. The second-order valence-electron chi connectivity index (χ2n) is 9.08. The molecule has 2 aliphatic rings. The molecule has 0 radical (unpaired) electrons. The monoisotopic (exact) mass is 386 g/mol. The number of carbonyl (C=O) groups is 1. The number of unbranched alkanes of at least 4 members (excludes halogenated alkanes) is 4. The molecule has 0 bridgehead atoms. The van der Waals surface area contributed by atoms with Crippen molar-refractivity contribution in [1.29, 1.82) is 0 Å². The van der Waals surface area contributed by atoms with Crippen molar-refractivity contribution in [1.82, 2.24) is 0 Å². The van der Waals surface area contributed by atoms with Gasteiger partial charge in [-0.05, 0) is 67.4 Å². The van der Waals surface area contributed by atoms with Gasteiger partial charge in [0.15, 0.2) is 0 Å². The van der Waals surface area contributed by atoms with Gasteiger partial charge in [-0.15, -0.1) is 0 Å². The third-order valence-electron chi connectivity index (χ3n) is 7.20. The minimum Gasteiger partial charge on any atom is -0.393 e. The van der Waals surface area contributed by atoms with Crippen LogP contribution in [0.5, 0.6) is 0 Å². The largest absolute Gasteiger partial charge is 0.393 e. The highest BCUT2D eigenvalue weighted by molar-refractivity contribution is 5.48. The average molecular weight is 387 g/mol. The zero-order valence-electron chi connectivity index (χ0n) is 17.3. The molecule has 4 atom stereocenters. The predicted octanol–water partition coefficient (Wildman–Crippen LogP) is 5.69. The number of benzene rings is 1. The third-order valence-corrected chi connectivity index (χ3v) is 7.20. The first-order chi connectivity index (χ1) is 13.7. The molecule has 28 heavy (non-hydrogen) atoms. The van der Waals surface area contributed by atoms with Crippen molar-refractivity contribution in [2.75, 3.05) is 0 Å². The van der Waals surface area contributed by atoms with Gasteiger partial charge in [-0.3, -0.25) is 0 Å². The lowest BCUT2D eigenvalue weighted by molar-refractivity contribution is -0.107. The molecular formula is C25H38O3. The van der Waals surface area contributed by atoms with Crippen LogP contribution in [0.4, 0.5) is 0 Å². The molecular weight excluding hydrogens is 348 g/mol. The summed E-state index contributed by atoms with van der Waals surface area (Å²) >= 11 is 0. The van der Waals surface area contributed by atoms with Gasteiger partial charge in [0.25, 0.3) is 0 Å². The summed E-state index contributed by atoms with van der Waals surface area (Å²) in [6.07, 6.45) is 14.7. The Morgan fingerprint density at radius 1 is 0.929 bits per heavy atom. The van der Waals surface area contributed by atoms with Crippen LogP contribution in [0.1, 0.15) is 107 Å². The van der Waals surface area contributed by atoms with Crippen LogP contribution in [-0.2, 0) is 4.79 Å². The summed E-state index contributed by atoms with van der Waals surface area (Å²) in [4.78, 5) is 10.4. The summed E-state index contributed by atoms with van der Waals surface area (Å²) in [5.74, 6) is 1.20. The molecule has 1 aromatic rings. The SMILES string of the molecule is O=CCCCCCC[C@H]1C(O)CCC1c1ccc(C(O)C2CCCCC2)cc1. The van der Waals surface area contributed by atoms with Crippen LogP contribution in [0.2, 0.25) is 0 Å². The summed E-state index contributed by atoms with van der Waals surface area (Å²) in [6.45, 7) is 0. The summed E-state index contributed by atoms with van der Waals surface area (Å²) in [7, 11) is 0. The molecule has 0 spiro atoms. The van der Waals surface area contributed by atoms with Gasteiger partial charge < -0.3 is 15.0 Å². The minimum absolute atomic E-state index is 0.188. The average Bonchev–Trinajstić information content (AvgIpc) is 3.11. The molecule has 3 unspecified atom stereocenters. The van der Waals surface area contributed by atoms with Gasteiger partial charge in [-0.2, -0.15) is 0 Å². The van der Waals surface area contributed by atoms with E-state index >= 15 is 0 Å². The zero-order valence-corrected chi connectivity index (χ0v) is 17.3. The summed E-state index contributed by atoms with van der Waals surface area (Å²) < 4.78 is 0. The Bertz CT molecular complexity index is 576. The van der Waals surface area contributed by atoms with Gasteiger partial charge in [0.1, 0.15) is 6.29 Å². The molecule has 2 aliphatic carbocycles. The fourth-order valence-corrected chi connectivity index (χ4v) is 5.48. The van der Waals surface area contributed by atoms with E-state index in [-0.39, 0.29) is 12.2 Å². The normalized spacial score (nSPS) is 27.0. The first-order valence-corrected chi connectivity index (χ1v) is 11.6. The van der Waals surface area contributed by atoms with Gasteiger partial charge in [-0.25, -0.2) is 0 Å². The molecule has 1 aromatic carbocycles. The van der Waals surface area contributed by atoms with E-state index in [0.29, 0.717) is 24.2 Å². The van der Waals surface area contributed by atoms with Crippen molar-refractivity contribution in [3.63, 3.8) is 0 Å². The fourth-order valence-electron chi connectivity index (χ4n) is 5.48. The summed E-state index contributed by atoms with van der Waals surface area (Å²) in [5.41, 5.74) is 2.38. The number of carbonyl (C=O) groups excluding carboxylic acids is 1. The van der Waals surface area contributed by atoms with Gasteiger partial charge in [-0.1, -0.05) is 62.8 Å². The van der Waals surface area contributed by atoms with Crippen molar-refractivity contribution in [3.8, 4) is 0 Å². The highest BCUT2D eigenvalue weighted by atomic mass is 16.3. The molecule has 3 nitrogen and oxygen atoms in total.